The largest absolute Gasteiger partial charge is 0.507 e. The van der Waals surface area contributed by atoms with Gasteiger partial charge in [-0.3, -0.25) is 4.79 Å². The summed E-state index contributed by atoms with van der Waals surface area (Å²) >= 11 is 5.45. The van der Waals surface area contributed by atoms with Crippen LogP contribution >= 0.6 is 11.6 Å². The number of carbonyl (C=O) groups is 1. The maximum Gasteiger partial charge on any atom is 0.154 e. The van der Waals surface area contributed by atoms with Gasteiger partial charge in [0.15, 0.2) is 6.29 Å². The first-order chi connectivity index (χ1) is 6.29. The molecule has 0 saturated heterocycles. The highest BCUT2D eigenvalue weighted by atomic mass is 35.5. The predicted molar refractivity (Wildman–Crippen MR) is 53.2 cm³/mol. The van der Waals surface area contributed by atoms with Crippen LogP contribution in [0.15, 0.2) is 24.3 Å². The Hall–Kier alpha value is -1.28. The highest BCUT2D eigenvalue weighted by Crippen LogP contribution is 2.19. The molecule has 68 valence electrons. The van der Waals surface area contributed by atoms with Gasteiger partial charge in [0.2, 0.25) is 0 Å². The van der Waals surface area contributed by atoms with Crippen molar-refractivity contribution in [3.05, 3.63) is 35.4 Å². The minimum atomic E-state index is -0.00766. The lowest BCUT2D eigenvalue weighted by molar-refractivity contribution is 0.112. The van der Waals surface area contributed by atoms with Crippen molar-refractivity contribution in [2.75, 3.05) is 5.88 Å². The molecule has 1 aromatic rings. The molecule has 0 bridgehead atoms. The molecule has 0 aromatic heterocycles. The Labute approximate surface area is 81.5 Å². The number of benzene rings is 1. The molecular formula is C10H9ClO2. The molecule has 0 spiro atoms. The van der Waals surface area contributed by atoms with Gasteiger partial charge < -0.3 is 5.11 Å². The van der Waals surface area contributed by atoms with E-state index in [1.165, 1.54) is 6.07 Å². The number of rotatable bonds is 3. The quantitative estimate of drug-likeness (QED) is 0.596. The Morgan fingerprint density at radius 1 is 1.46 bits per heavy atom. The molecule has 13 heavy (non-hydrogen) atoms. The monoisotopic (exact) mass is 196 g/mol. The maximum absolute atomic E-state index is 10.6. The Kier molecular flexibility index (Phi) is 3.53. The van der Waals surface area contributed by atoms with Crippen molar-refractivity contribution >= 4 is 24.0 Å². The van der Waals surface area contributed by atoms with Crippen LogP contribution in [0.2, 0.25) is 0 Å². The minimum absolute atomic E-state index is 0.00766. The van der Waals surface area contributed by atoms with Gasteiger partial charge in [0, 0.05) is 5.88 Å². The minimum Gasteiger partial charge on any atom is -0.507 e. The smallest absolute Gasteiger partial charge is 0.154 e. The second-order valence-corrected chi connectivity index (χ2v) is 2.76. The molecule has 1 aromatic carbocycles. The van der Waals surface area contributed by atoms with Crippen LogP contribution in [0.1, 0.15) is 15.9 Å². The molecule has 0 fully saturated rings. The first-order valence-electron chi connectivity index (χ1n) is 3.79. The summed E-state index contributed by atoms with van der Waals surface area (Å²) < 4.78 is 0. The van der Waals surface area contributed by atoms with Crippen LogP contribution in [-0.2, 0) is 0 Å². The number of alkyl halides is 1. The van der Waals surface area contributed by atoms with E-state index >= 15 is 0 Å². The lowest BCUT2D eigenvalue weighted by Crippen LogP contribution is -1.86. The number of allylic oxidation sites excluding steroid dienone is 1. The molecule has 2 nitrogen and oxygen atoms in total. The summed E-state index contributed by atoms with van der Waals surface area (Å²) in [5.41, 5.74) is 0.972. The van der Waals surface area contributed by atoms with Crippen molar-refractivity contribution in [1.82, 2.24) is 0 Å². The topological polar surface area (TPSA) is 37.3 Å². The number of phenolic OH excluding ortho intramolecular Hbond substituents is 1. The van der Waals surface area contributed by atoms with Gasteiger partial charge in [-0.25, -0.2) is 0 Å². The van der Waals surface area contributed by atoms with E-state index in [4.69, 9.17) is 11.6 Å². The summed E-state index contributed by atoms with van der Waals surface area (Å²) in [6.45, 7) is 0. The number of hydrogen-bond donors (Lipinski definition) is 1. The molecule has 0 atom stereocenters. The molecule has 3 heteroatoms. The number of phenols is 1. The Balaban J connectivity index is 3.12. The molecule has 0 amide bonds. The van der Waals surface area contributed by atoms with Crippen molar-refractivity contribution in [3.63, 3.8) is 0 Å². The van der Waals surface area contributed by atoms with Crippen molar-refractivity contribution in [2.45, 2.75) is 0 Å². The third-order valence-electron chi connectivity index (χ3n) is 1.62. The van der Waals surface area contributed by atoms with E-state index in [2.05, 4.69) is 0 Å². The van der Waals surface area contributed by atoms with Crippen molar-refractivity contribution < 1.29 is 9.90 Å². The molecule has 0 aliphatic carbocycles. The van der Waals surface area contributed by atoms with E-state index in [-0.39, 0.29) is 5.75 Å². The number of carbonyl (C=O) groups excluding carboxylic acids is 1. The zero-order valence-corrected chi connectivity index (χ0v) is 7.66. The van der Waals surface area contributed by atoms with E-state index in [9.17, 15) is 9.90 Å². The van der Waals surface area contributed by atoms with Crippen molar-refractivity contribution in [1.29, 1.82) is 0 Å². The number of aromatic hydroxyl groups is 1. The Bertz CT molecular complexity index is 332. The molecule has 0 aliphatic rings. The first kappa shape index (κ1) is 9.81. The average Bonchev–Trinajstić information content (AvgIpc) is 2.15. The molecule has 0 unspecified atom stereocenters. The van der Waals surface area contributed by atoms with Gasteiger partial charge in [-0.2, -0.15) is 0 Å². The average molecular weight is 197 g/mol. The summed E-state index contributed by atoms with van der Waals surface area (Å²) in [4.78, 5) is 10.6. The molecule has 0 radical (unpaired) electrons. The van der Waals surface area contributed by atoms with Gasteiger partial charge >= 0.3 is 0 Å². The summed E-state index contributed by atoms with van der Waals surface area (Å²) in [5.74, 6) is 0.375. The Morgan fingerprint density at radius 3 is 2.85 bits per heavy atom. The fourth-order valence-corrected chi connectivity index (χ4v) is 1.10. The second kappa shape index (κ2) is 4.67. The molecular weight excluding hydrogens is 188 g/mol. The molecule has 0 heterocycles. The zero-order chi connectivity index (χ0) is 9.68. The van der Waals surface area contributed by atoms with Crippen LogP contribution < -0.4 is 0 Å². The van der Waals surface area contributed by atoms with E-state index in [1.807, 2.05) is 0 Å². The first-order valence-corrected chi connectivity index (χ1v) is 4.32. The van der Waals surface area contributed by atoms with Gasteiger partial charge in [-0.1, -0.05) is 24.3 Å². The third kappa shape index (κ3) is 2.33. The fourth-order valence-electron chi connectivity index (χ4n) is 1.02. The Morgan fingerprint density at radius 2 is 2.23 bits per heavy atom. The van der Waals surface area contributed by atoms with Crippen LogP contribution in [0, 0.1) is 0 Å². The molecule has 0 saturated carbocycles. The van der Waals surface area contributed by atoms with Crippen LogP contribution in [-0.4, -0.2) is 17.3 Å². The van der Waals surface area contributed by atoms with Crippen LogP contribution in [0.3, 0.4) is 0 Å². The molecule has 1 rings (SSSR count). The highest BCUT2D eigenvalue weighted by Gasteiger charge is 2.02. The number of hydrogen-bond acceptors (Lipinski definition) is 2. The van der Waals surface area contributed by atoms with E-state index in [1.54, 1.807) is 24.3 Å². The summed E-state index contributed by atoms with van der Waals surface area (Å²) in [6.07, 6.45) is 4.04. The summed E-state index contributed by atoms with van der Waals surface area (Å²) in [5, 5.41) is 9.29. The van der Waals surface area contributed by atoms with Crippen molar-refractivity contribution in [2.24, 2.45) is 0 Å². The fraction of sp³-hybridized carbons (Fsp3) is 0.100. The highest BCUT2D eigenvalue weighted by molar-refractivity contribution is 6.19. The predicted octanol–water partition coefficient (Wildman–Crippen LogP) is 2.46. The van der Waals surface area contributed by atoms with Crippen LogP contribution in [0.5, 0.6) is 5.75 Å². The van der Waals surface area contributed by atoms with E-state index < -0.39 is 0 Å². The lowest BCUT2D eigenvalue weighted by atomic mass is 10.1. The summed E-state index contributed by atoms with van der Waals surface area (Å²) in [7, 11) is 0. The SMILES string of the molecule is O=Cc1c(O)cccc1C=CCCl. The number of halogens is 1. The standard InChI is InChI=1S/C10H9ClO2/c11-6-2-4-8-3-1-5-10(13)9(8)7-12/h1-5,7,13H,6H2. The van der Waals surface area contributed by atoms with Gasteiger partial charge in [-0.05, 0) is 11.6 Å². The van der Waals surface area contributed by atoms with E-state index in [0.29, 0.717) is 23.3 Å². The van der Waals surface area contributed by atoms with Gasteiger partial charge in [0.05, 0.1) is 5.56 Å². The molecule has 0 aliphatic heterocycles. The molecule has 1 N–H and O–H groups in total. The van der Waals surface area contributed by atoms with Gasteiger partial charge in [0.25, 0.3) is 0 Å². The van der Waals surface area contributed by atoms with Crippen LogP contribution in [0.25, 0.3) is 6.08 Å². The van der Waals surface area contributed by atoms with Crippen LogP contribution in [0.4, 0.5) is 0 Å². The number of aldehydes is 1. The second-order valence-electron chi connectivity index (χ2n) is 2.45. The zero-order valence-electron chi connectivity index (χ0n) is 6.90. The normalized spacial score (nSPS) is 10.5. The van der Waals surface area contributed by atoms with Gasteiger partial charge in [0.1, 0.15) is 5.75 Å². The van der Waals surface area contributed by atoms with E-state index in [0.717, 1.165) is 0 Å². The van der Waals surface area contributed by atoms with Crippen molar-refractivity contribution in [3.8, 4) is 5.75 Å². The van der Waals surface area contributed by atoms with Gasteiger partial charge in [-0.15, -0.1) is 11.6 Å². The third-order valence-corrected chi connectivity index (χ3v) is 1.80. The maximum atomic E-state index is 10.6. The summed E-state index contributed by atoms with van der Waals surface area (Å²) in [6, 6.07) is 4.89. The lowest BCUT2D eigenvalue weighted by Gasteiger charge is -2.00.